The summed E-state index contributed by atoms with van der Waals surface area (Å²) in [5.41, 5.74) is 16.1. The first-order valence-electron chi connectivity index (χ1n) is 12.4. The molecule has 0 saturated carbocycles. The number of nitrogens with two attached hydrogens (primary N) is 2. The maximum absolute atomic E-state index is 10.5. The molecular weight excluding hydrogens is 442 g/mol. The van der Waals surface area contributed by atoms with E-state index in [1.54, 1.807) is 6.07 Å². The Bertz CT molecular complexity index is 1300. The van der Waals surface area contributed by atoms with Gasteiger partial charge in [0, 0.05) is 30.6 Å². The van der Waals surface area contributed by atoms with Crippen molar-refractivity contribution in [2.75, 3.05) is 25.5 Å². The third kappa shape index (κ3) is 5.66. The van der Waals surface area contributed by atoms with Crippen LogP contribution in [0.3, 0.4) is 0 Å². The van der Waals surface area contributed by atoms with E-state index in [-0.39, 0.29) is 11.5 Å². The Hall–Kier alpha value is -3.36. The van der Waals surface area contributed by atoms with Crippen LogP contribution in [-0.2, 0) is 24.1 Å². The largest absolute Gasteiger partial charge is 0.508 e. The Morgan fingerprint density at radius 3 is 2.60 bits per heavy atom. The molecule has 2 aromatic carbocycles. The van der Waals surface area contributed by atoms with Crippen LogP contribution in [-0.4, -0.2) is 44.5 Å². The molecule has 0 fully saturated rings. The molecule has 186 valence electrons. The minimum Gasteiger partial charge on any atom is -0.508 e. The van der Waals surface area contributed by atoms with E-state index in [1.807, 2.05) is 6.07 Å². The lowest BCUT2D eigenvalue weighted by atomic mass is 10.1. The normalized spacial score (nSPS) is 11.6. The lowest BCUT2D eigenvalue weighted by molar-refractivity contribution is 0.131. The van der Waals surface area contributed by atoms with E-state index in [1.165, 1.54) is 17.7 Å². The molecule has 0 unspecified atom stereocenters. The topological polar surface area (TPSA) is 132 Å². The second-order valence-electron chi connectivity index (χ2n) is 8.93. The molecule has 4 aromatic rings. The van der Waals surface area contributed by atoms with E-state index >= 15 is 0 Å². The van der Waals surface area contributed by atoms with Crippen molar-refractivity contribution in [3.05, 3.63) is 53.3 Å². The highest BCUT2D eigenvalue weighted by Crippen LogP contribution is 2.32. The highest BCUT2D eigenvalue weighted by molar-refractivity contribution is 6.06. The molecule has 6 N–H and O–H groups in total. The number of imidazole rings is 1. The molecule has 8 heteroatoms. The molecule has 2 heterocycles. The summed E-state index contributed by atoms with van der Waals surface area (Å²) in [7, 11) is 0. The van der Waals surface area contributed by atoms with Crippen molar-refractivity contribution in [1.29, 1.82) is 0 Å². The molecule has 0 aliphatic carbocycles. The third-order valence-corrected chi connectivity index (χ3v) is 6.24. The number of phenols is 2. The van der Waals surface area contributed by atoms with E-state index in [0.717, 1.165) is 60.8 Å². The Kier molecular flexibility index (Phi) is 8.05. The predicted octanol–water partition coefficient (Wildman–Crippen LogP) is 4.27. The molecule has 4 rings (SSSR count). The SMILES string of the molecule is CCCCc1nc2c(N)nc3ccc(CCCOCCCN)cc3c2n1Cc1cc(O)ccc1O. The van der Waals surface area contributed by atoms with Crippen LogP contribution < -0.4 is 11.5 Å². The van der Waals surface area contributed by atoms with Crippen LogP contribution in [0.25, 0.3) is 21.9 Å². The van der Waals surface area contributed by atoms with Crippen LogP contribution in [0.15, 0.2) is 36.4 Å². The van der Waals surface area contributed by atoms with Crippen LogP contribution in [0, 0.1) is 0 Å². The number of hydrogen-bond acceptors (Lipinski definition) is 7. The zero-order valence-electron chi connectivity index (χ0n) is 20.3. The van der Waals surface area contributed by atoms with Crippen molar-refractivity contribution < 1.29 is 14.9 Å². The van der Waals surface area contributed by atoms with E-state index in [9.17, 15) is 10.2 Å². The van der Waals surface area contributed by atoms with Gasteiger partial charge in [-0.05, 0) is 68.1 Å². The van der Waals surface area contributed by atoms with E-state index in [2.05, 4.69) is 28.6 Å². The van der Waals surface area contributed by atoms with Gasteiger partial charge in [0.05, 0.1) is 17.6 Å². The molecule has 0 bridgehead atoms. The Balaban J connectivity index is 1.76. The smallest absolute Gasteiger partial charge is 0.152 e. The monoisotopic (exact) mass is 477 g/mol. The average Bonchev–Trinajstić information content (AvgIpc) is 3.21. The number of nitrogen functional groups attached to an aromatic ring is 1. The minimum atomic E-state index is 0.110. The standard InChI is InChI=1S/C27H35N5O3/c1-2-3-7-24-31-25-26(32(24)17-19-16-20(33)9-11-23(19)34)21-15-18(6-4-13-35-14-5-12-28)8-10-22(21)30-27(25)29/h8-11,15-16,33-34H,2-7,12-14,17,28H2,1H3,(H2,29,30). The first-order chi connectivity index (χ1) is 17.0. The Morgan fingerprint density at radius 2 is 1.80 bits per heavy atom. The van der Waals surface area contributed by atoms with Crippen LogP contribution in [0.1, 0.15) is 49.6 Å². The zero-order valence-corrected chi connectivity index (χ0v) is 20.3. The molecular formula is C27H35N5O3. The molecule has 0 aliphatic heterocycles. The summed E-state index contributed by atoms with van der Waals surface area (Å²) in [6, 6.07) is 10.8. The number of rotatable bonds is 12. The second kappa shape index (κ2) is 11.4. The highest BCUT2D eigenvalue weighted by atomic mass is 16.5. The molecule has 8 nitrogen and oxygen atoms in total. The zero-order chi connectivity index (χ0) is 24.8. The molecule has 0 amide bonds. The van der Waals surface area contributed by atoms with Gasteiger partial charge in [0.15, 0.2) is 5.82 Å². The van der Waals surface area contributed by atoms with Crippen molar-refractivity contribution >= 4 is 27.8 Å². The first-order valence-corrected chi connectivity index (χ1v) is 12.4. The molecule has 0 saturated heterocycles. The van der Waals surface area contributed by atoms with E-state index in [0.29, 0.717) is 43.2 Å². The molecule has 0 aliphatic rings. The van der Waals surface area contributed by atoms with Gasteiger partial charge in [-0.1, -0.05) is 19.4 Å². The number of unbranched alkanes of at least 4 members (excludes halogenated alkanes) is 1. The number of phenolic OH excluding ortho intramolecular Hbond substituents is 2. The summed E-state index contributed by atoms with van der Waals surface area (Å²) in [5, 5.41) is 21.4. The Morgan fingerprint density at radius 1 is 0.971 bits per heavy atom. The van der Waals surface area contributed by atoms with E-state index in [4.69, 9.17) is 21.2 Å². The van der Waals surface area contributed by atoms with Gasteiger partial charge in [-0.2, -0.15) is 0 Å². The number of pyridine rings is 1. The number of aromatic hydroxyl groups is 2. The van der Waals surface area contributed by atoms with Crippen molar-refractivity contribution in [1.82, 2.24) is 14.5 Å². The fraction of sp³-hybridized carbons (Fsp3) is 0.407. The number of aromatic nitrogens is 3. The highest BCUT2D eigenvalue weighted by Gasteiger charge is 2.19. The fourth-order valence-corrected chi connectivity index (χ4v) is 4.39. The molecule has 2 aromatic heterocycles. The maximum atomic E-state index is 10.5. The number of anilines is 1. The van der Waals surface area contributed by atoms with Crippen LogP contribution >= 0.6 is 0 Å². The van der Waals surface area contributed by atoms with Crippen LogP contribution in [0.2, 0.25) is 0 Å². The van der Waals surface area contributed by atoms with E-state index < -0.39 is 0 Å². The molecule has 0 radical (unpaired) electrons. The lowest BCUT2D eigenvalue weighted by Crippen LogP contribution is -2.06. The summed E-state index contributed by atoms with van der Waals surface area (Å²) in [5.74, 6) is 1.53. The number of ether oxygens (including phenoxy) is 1. The van der Waals surface area contributed by atoms with Gasteiger partial charge in [0.2, 0.25) is 0 Å². The minimum absolute atomic E-state index is 0.110. The second-order valence-corrected chi connectivity index (χ2v) is 8.93. The maximum Gasteiger partial charge on any atom is 0.152 e. The number of aryl methyl sites for hydroxylation is 2. The summed E-state index contributed by atoms with van der Waals surface area (Å²) < 4.78 is 7.76. The van der Waals surface area contributed by atoms with Gasteiger partial charge in [0.1, 0.15) is 22.8 Å². The summed E-state index contributed by atoms with van der Waals surface area (Å²) in [4.78, 5) is 9.51. The Labute approximate surface area is 205 Å². The first kappa shape index (κ1) is 24.8. The van der Waals surface area contributed by atoms with Crippen LogP contribution in [0.4, 0.5) is 5.82 Å². The van der Waals surface area contributed by atoms with Gasteiger partial charge < -0.3 is 31.0 Å². The molecule has 0 atom stereocenters. The molecule has 35 heavy (non-hydrogen) atoms. The average molecular weight is 478 g/mol. The van der Waals surface area contributed by atoms with Gasteiger partial charge in [-0.25, -0.2) is 9.97 Å². The van der Waals surface area contributed by atoms with Gasteiger partial charge >= 0.3 is 0 Å². The molecule has 0 spiro atoms. The number of nitrogens with zero attached hydrogens (tertiary/aromatic N) is 3. The van der Waals surface area contributed by atoms with Gasteiger partial charge in [-0.15, -0.1) is 0 Å². The quantitative estimate of drug-likeness (QED) is 0.177. The lowest BCUT2D eigenvalue weighted by Gasteiger charge is -2.13. The number of hydrogen-bond donors (Lipinski definition) is 4. The van der Waals surface area contributed by atoms with Crippen molar-refractivity contribution in [2.45, 2.75) is 52.0 Å². The number of fused-ring (bicyclic) bond motifs is 3. The van der Waals surface area contributed by atoms with Gasteiger partial charge in [0.25, 0.3) is 0 Å². The van der Waals surface area contributed by atoms with Crippen molar-refractivity contribution in [2.24, 2.45) is 5.73 Å². The summed E-state index contributed by atoms with van der Waals surface area (Å²) in [6.45, 7) is 4.55. The fourth-order valence-electron chi connectivity index (χ4n) is 4.39. The van der Waals surface area contributed by atoms with Crippen LogP contribution in [0.5, 0.6) is 11.5 Å². The number of benzene rings is 2. The van der Waals surface area contributed by atoms with Crippen molar-refractivity contribution in [3.8, 4) is 11.5 Å². The summed E-state index contributed by atoms with van der Waals surface area (Å²) >= 11 is 0. The summed E-state index contributed by atoms with van der Waals surface area (Å²) in [6.07, 6.45) is 5.47. The third-order valence-electron chi connectivity index (χ3n) is 6.24. The van der Waals surface area contributed by atoms with Gasteiger partial charge in [-0.3, -0.25) is 0 Å². The van der Waals surface area contributed by atoms with Crippen molar-refractivity contribution in [3.63, 3.8) is 0 Å². The predicted molar refractivity (Wildman–Crippen MR) is 140 cm³/mol.